The third-order valence-corrected chi connectivity index (χ3v) is 1.30. The first-order valence-corrected chi connectivity index (χ1v) is 3.11. The molecule has 1 radical (unpaired) electrons. The van der Waals surface area contributed by atoms with Crippen LogP contribution in [0.15, 0.2) is 24.3 Å². The van der Waals surface area contributed by atoms with E-state index in [0.29, 0.717) is 0 Å². The van der Waals surface area contributed by atoms with Crippen molar-refractivity contribution < 1.29 is 14.3 Å². The largest absolute Gasteiger partial charge is 0.291 e. The maximum Gasteiger partial charge on any atom is 0.191 e. The lowest BCUT2D eigenvalue weighted by molar-refractivity contribution is 0.0827. The van der Waals surface area contributed by atoms with Crippen molar-refractivity contribution in [3.05, 3.63) is 35.6 Å². The first-order valence-electron chi connectivity index (χ1n) is 3.11. The lowest BCUT2D eigenvalue weighted by Gasteiger charge is -1.93. The Morgan fingerprint density at radius 1 is 1.27 bits per heavy atom. The Labute approximate surface area is 63.3 Å². The number of halogens is 1. The first-order chi connectivity index (χ1) is 5.24. The van der Waals surface area contributed by atoms with Gasteiger partial charge in [0.2, 0.25) is 0 Å². The van der Waals surface area contributed by atoms with E-state index in [0.717, 1.165) is 12.1 Å². The van der Waals surface area contributed by atoms with Gasteiger partial charge in [-0.1, -0.05) is 0 Å². The quantitative estimate of drug-likeness (QED) is 0.592. The lowest BCUT2D eigenvalue weighted by Crippen LogP contribution is -2.02. The monoisotopic (exact) mass is 153 g/mol. The Morgan fingerprint density at radius 3 is 2.27 bits per heavy atom. The Hall–Kier alpha value is -1.22. The number of carbonyl (C=O) groups is 1. The van der Waals surface area contributed by atoms with Gasteiger partial charge < -0.3 is 0 Å². The number of ketones is 1. The van der Waals surface area contributed by atoms with E-state index < -0.39 is 18.2 Å². The highest BCUT2D eigenvalue weighted by molar-refractivity contribution is 5.96. The molecule has 0 aliphatic carbocycles. The highest BCUT2D eigenvalue weighted by Gasteiger charge is 2.03. The summed E-state index contributed by atoms with van der Waals surface area (Å²) in [7, 11) is 0. The zero-order valence-electron chi connectivity index (χ0n) is 5.71. The maximum absolute atomic E-state index is 12.3. The van der Waals surface area contributed by atoms with Crippen LogP contribution < -0.4 is 0 Å². The van der Waals surface area contributed by atoms with Crippen LogP contribution in [0.25, 0.3) is 0 Å². The molecule has 0 saturated heterocycles. The van der Waals surface area contributed by atoms with Gasteiger partial charge in [0.1, 0.15) is 12.4 Å². The Morgan fingerprint density at radius 2 is 1.82 bits per heavy atom. The molecule has 0 bridgehead atoms. The summed E-state index contributed by atoms with van der Waals surface area (Å²) in [5, 5.41) is 10.1. The molecule has 0 unspecified atom stereocenters. The van der Waals surface area contributed by atoms with E-state index in [4.69, 9.17) is 0 Å². The van der Waals surface area contributed by atoms with Crippen molar-refractivity contribution in [1.29, 1.82) is 0 Å². The Bertz CT molecular complexity index is 253. The lowest BCUT2D eigenvalue weighted by atomic mass is 10.1. The molecule has 0 aliphatic rings. The van der Waals surface area contributed by atoms with E-state index in [2.05, 4.69) is 0 Å². The van der Waals surface area contributed by atoms with Crippen molar-refractivity contribution in [2.24, 2.45) is 0 Å². The topological polar surface area (TPSA) is 37.0 Å². The maximum atomic E-state index is 12.3. The second-order valence-electron chi connectivity index (χ2n) is 2.07. The molecule has 3 heteroatoms. The molecule has 0 aromatic heterocycles. The first kappa shape index (κ1) is 7.88. The van der Waals surface area contributed by atoms with E-state index in [1.54, 1.807) is 0 Å². The minimum absolute atomic E-state index is 0.265. The molecular weight excluding hydrogens is 147 g/mol. The molecular formula is C8H6FO2. The SMILES string of the molecule is [O]CC(=O)c1ccc(F)cc1. The molecule has 0 heterocycles. The van der Waals surface area contributed by atoms with Gasteiger partial charge in [-0.3, -0.25) is 4.79 Å². The van der Waals surface area contributed by atoms with Crippen LogP contribution in [0.5, 0.6) is 0 Å². The molecule has 0 spiro atoms. The summed E-state index contributed by atoms with van der Waals surface area (Å²) in [6.45, 7) is -0.786. The predicted molar refractivity (Wildman–Crippen MR) is 36.3 cm³/mol. The van der Waals surface area contributed by atoms with Crippen molar-refractivity contribution in [2.75, 3.05) is 6.61 Å². The van der Waals surface area contributed by atoms with Gasteiger partial charge in [0, 0.05) is 5.56 Å². The van der Waals surface area contributed by atoms with Crippen molar-refractivity contribution in [3.8, 4) is 0 Å². The van der Waals surface area contributed by atoms with E-state index in [9.17, 15) is 14.3 Å². The van der Waals surface area contributed by atoms with Crippen LogP contribution in [-0.4, -0.2) is 12.4 Å². The smallest absolute Gasteiger partial charge is 0.191 e. The van der Waals surface area contributed by atoms with E-state index >= 15 is 0 Å². The zero-order valence-corrected chi connectivity index (χ0v) is 5.71. The predicted octanol–water partition coefficient (Wildman–Crippen LogP) is 1.44. The number of carbonyl (C=O) groups excluding carboxylic acids is 1. The Balaban J connectivity index is 2.90. The molecule has 1 aromatic carbocycles. The molecule has 0 saturated carbocycles. The van der Waals surface area contributed by atoms with Crippen LogP contribution in [0.1, 0.15) is 10.4 Å². The van der Waals surface area contributed by atoms with Gasteiger partial charge in [-0.05, 0) is 24.3 Å². The zero-order chi connectivity index (χ0) is 8.27. The van der Waals surface area contributed by atoms with Crippen LogP contribution in [0, 0.1) is 5.82 Å². The number of benzene rings is 1. The normalized spacial score (nSPS) is 9.64. The highest BCUT2D eigenvalue weighted by Crippen LogP contribution is 2.02. The highest BCUT2D eigenvalue weighted by atomic mass is 19.1. The minimum Gasteiger partial charge on any atom is -0.291 e. The van der Waals surface area contributed by atoms with Crippen LogP contribution in [0.2, 0.25) is 0 Å². The van der Waals surface area contributed by atoms with Gasteiger partial charge in [0.05, 0.1) is 0 Å². The average molecular weight is 153 g/mol. The van der Waals surface area contributed by atoms with Gasteiger partial charge in [-0.15, -0.1) is 0 Å². The molecule has 0 fully saturated rings. The second-order valence-corrected chi connectivity index (χ2v) is 2.07. The van der Waals surface area contributed by atoms with Crippen LogP contribution in [-0.2, 0) is 5.11 Å². The summed E-state index contributed by atoms with van der Waals surface area (Å²) in [6.07, 6.45) is 0. The van der Waals surface area contributed by atoms with E-state index in [1.807, 2.05) is 0 Å². The summed E-state index contributed by atoms with van der Waals surface area (Å²) in [6, 6.07) is 4.91. The van der Waals surface area contributed by atoms with Crippen molar-refractivity contribution >= 4 is 5.78 Å². The number of Topliss-reactive ketones (excluding diaryl/α,β-unsaturated/α-hetero) is 1. The minimum atomic E-state index is -0.786. The van der Waals surface area contributed by atoms with E-state index in [-0.39, 0.29) is 5.56 Å². The number of hydrogen-bond donors (Lipinski definition) is 0. The summed E-state index contributed by atoms with van der Waals surface area (Å²) in [5.74, 6) is -0.919. The fourth-order valence-corrected chi connectivity index (χ4v) is 0.719. The van der Waals surface area contributed by atoms with Crippen LogP contribution in [0.3, 0.4) is 0 Å². The van der Waals surface area contributed by atoms with Crippen molar-refractivity contribution in [1.82, 2.24) is 0 Å². The van der Waals surface area contributed by atoms with Crippen LogP contribution in [0.4, 0.5) is 4.39 Å². The molecule has 2 nitrogen and oxygen atoms in total. The van der Waals surface area contributed by atoms with Gasteiger partial charge in [-0.25, -0.2) is 9.50 Å². The third kappa shape index (κ3) is 1.85. The van der Waals surface area contributed by atoms with Gasteiger partial charge in [0.15, 0.2) is 5.78 Å². The second kappa shape index (κ2) is 3.25. The average Bonchev–Trinajstić information content (AvgIpc) is 2.05. The number of rotatable bonds is 2. The molecule has 0 N–H and O–H groups in total. The Kier molecular flexibility index (Phi) is 2.33. The molecule has 0 amide bonds. The van der Waals surface area contributed by atoms with Crippen molar-refractivity contribution in [3.63, 3.8) is 0 Å². The summed E-state index contributed by atoms with van der Waals surface area (Å²) < 4.78 is 12.3. The van der Waals surface area contributed by atoms with Gasteiger partial charge in [-0.2, -0.15) is 0 Å². The molecule has 57 valence electrons. The molecule has 0 aliphatic heterocycles. The molecule has 0 atom stereocenters. The summed E-state index contributed by atoms with van der Waals surface area (Å²) in [5.41, 5.74) is 0.265. The molecule has 11 heavy (non-hydrogen) atoms. The van der Waals surface area contributed by atoms with Gasteiger partial charge in [0.25, 0.3) is 0 Å². The standard InChI is InChI=1S/C8H6FO2/c9-7-3-1-6(2-4-7)8(11)5-10/h1-4H,5H2. The van der Waals surface area contributed by atoms with Gasteiger partial charge >= 0.3 is 0 Å². The molecule has 1 aromatic rings. The molecule has 1 rings (SSSR count). The third-order valence-electron chi connectivity index (χ3n) is 1.30. The fourth-order valence-electron chi connectivity index (χ4n) is 0.719. The van der Waals surface area contributed by atoms with Crippen LogP contribution >= 0.6 is 0 Å². The van der Waals surface area contributed by atoms with E-state index in [1.165, 1.54) is 12.1 Å². The number of hydrogen-bond acceptors (Lipinski definition) is 1. The fraction of sp³-hybridized carbons (Fsp3) is 0.125. The summed E-state index contributed by atoms with van der Waals surface area (Å²) >= 11 is 0. The summed E-state index contributed by atoms with van der Waals surface area (Å²) in [4.78, 5) is 10.7. The van der Waals surface area contributed by atoms with Crippen molar-refractivity contribution in [2.45, 2.75) is 0 Å².